The lowest BCUT2D eigenvalue weighted by molar-refractivity contribution is 0.0758. The molecular formula is C11H9N3O7S2. The number of hydrogen-bond donors (Lipinski definition) is 5. The molecule has 0 fully saturated rings. The van der Waals surface area contributed by atoms with Crippen LogP contribution < -0.4 is 17.1 Å². The van der Waals surface area contributed by atoms with Crippen molar-refractivity contribution in [1.29, 1.82) is 0 Å². The lowest BCUT2D eigenvalue weighted by Gasteiger charge is -1.99. The van der Waals surface area contributed by atoms with E-state index in [1.54, 1.807) is 15.0 Å². The first-order valence-corrected chi connectivity index (χ1v) is 6.35. The zero-order valence-electron chi connectivity index (χ0n) is 11.1. The number of carbonyl (C=O) groups is 2. The van der Waals surface area contributed by atoms with Crippen molar-refractivity contribution in [3.8, 4) is 0 Å². The third-order valence-corrected chi connectivity index (χ3v) is 2.53. The van der Waals surface area contributed by atoms with Gasteiger partial charge in [0.15, 0.2) is 0 Å². The topological polar surface area (TPSA) is 151 Å². The number of hydrogen-bond acceptors (Lipinski definition) is 9. The molecule has 1 aromatic heterocycles. The van der Waals surface area contributed by atoms with Gasteiger partial charge in [0.1, 0.15) is 0 Å². The maximum Gasteiger partial charge on any atom is 0.349 e. The van der Waals surface area contributed by atoms with E-state index in [2.05, 4.69) is 34.2 Å². The number of nitrogens with one attached hydrogen (secondary N) is 3. The van der Waals surface area contributed by atoms with Gasteiger partial charge in [-0.25, -0.2) is 24.0 Å². The van der Waals surface area contributed by atoms with Gasteiger partial charge in [-0.2, -0.15) is 0 Å². The second kappa shape index (κ2) is 8.65. The van der Waals surface area contributed by atoms with Crippen LogP contribution in [0.3, 0.4) is 0 Å². The molecular weight excluding hydrogens is 350 g/mol. The molecule has 0 spiro atoms. The first-order valence-electron chi connectivity index (χ1n) is 5.62. The summed E-state index contributed by atoms with van der Waals surface area (Å²) in [6.45, 7) is 0. The fraction of sp³-hybridized carbons (Fsp3) is 0. The number of aromatic amines is 3. The zero-order valence-corrected chi connectivity index (χ0v) is 12.9. The molecule has 2 rings (SSSR count). The molecule has 1 heterocycles. The summed E-state index contributed by atoms with van der Waals surface area (Å²) in [5.41, 5.74) is -1.80. The Labute approximate surface area is 138 Å². The average Bonchev–Trinajstić information content (AvgIpc) is 2.52. The van der Waals surface area contributed by atoms with Crippen LogP contribution in [0.15, 0.2) is 38.6 Å². The summed E-state index contributed by atoms with van der Waals surface area (Å²) in [5, 5.41) is 0. The van der Waals surface area contributed by atoms with E-state index in [9.17, 15) is 24.0 Å². The summed E-state index contributed by atoms with van der Waals surface area (Å²) < 4.78 is 8.37. The molecule has 10 nitrogen and oxygen atoms in total. The zero-order chi connectivity index (χ0) is 17.4. The summed E-state index contributed by atoms with van der Waals surface area (Å²) in [6, 6.07) is 5.72. The van der Waals surface area contributed by atoms with Crippen LogP contribution in [0.2, 0.25) is 0 Å². The molecule has 0 saturated carbocycles. The quantitative estimate of drug-likeness (QED) is 0.356. The lowest BCUT2D eigenvalue weighted by atomic mass is 10.1. The van der Waals surface area contributed by atoms with Gasteiger partial charge in [0.25, 0.3) is 0 Å². The molecule has 23 heavy (non-hydrogen) atoms. The van der Waals surface area contributed by atoms with Gasteiger partial charge >= 0.3 is 29.0 Å². The van der Waals surface area contributed by atoms with Crippen molar-refractivity contribution in [3.63, 3.8) is 0 Å². The predicted molar refractivity (Wildman–Crippen MR) is 83.5 cm³/mol. The highest BCUT2D eigenvalue weighted by molar-refractivity contribution is 7.75. The fourth-order valence-corrected chi connectivity index (χ4v) is 1.46. The van der Waals surface area contributed by atoms with Gasteiger partial charge in [-0.3, -0.25) is 15.0 Å². The van der Waals surface area contributed by atoms with Gasteiger partial charge in [0, 0.05) is 25.8 Å². The van der Waals surface area contributed by atoms with E-state index < -0.39 is 29.0 Å². The minimum absolute atomic E-state index is 0.302. The summed E-state index contributed by atoms with van der Waals surface area (Å²) >= 11 is 6.72. The number of carbonyl (C=O) groups excluding carboxylic acids is 2. The molecule has 0 bridgehead atoms. The molecule has 122 valence electrons. The summed E-state index contributed by atoms with van der Waals surface area (Å²) in [7, 11) is 0. The van der Waals surface area contributed by atoms with E-state index in [-0.39, 0.29) is 0 Å². The SMILES string of the molecule is O=C(OS)c1ccc(C(=O)OS)cc1.O=c1[nH]c(=O)[nH]c(=O)[nH]1. The number of benzene rings is 1. The van der Waals surface area contributed by atoms with Crippen LogP contribution >= 0.6 is 25.8 Å². The number of H-pyrrole nitrogens is 3. The number of rotatable bonds is 2. The normalized spacial score (nSPS) is 9.30. The molecule has 0 unspecified atom stereocenters. The summed E-state index contributed by atoms with van der Waals surface area (Å²) in [5.74, 6) is -1.17. The van der Waals surface area contributed by atoms with Crippen LogP contribution in [0.5, 0.6) is 0 Å². The van der Waals surface area contributed by atoms with E-state index in [0.29, 0.717) is 11.1 Å². The van der Waals surface area contributed by atoms with Gasteiger partial charge in [0.2, 0.25) is 0 Å². The summed E-state index contributed by atoms with van der Waals surface area (Å²) in [6.07, 6.45) is 0. The Balaban J connectivity index is 0.000000253. The average molecular weight is 359 g/mol. The van der Waals surface area contributed by atoms with Gasteiger partial charge in [-0.15, -0.1) is 0 Å². The minimum Gasteiger partial charge on any atom is -0.391 e. The first kappa shape index (κ1) is 18.3. The van der Waals surface area contributed by atoms with Crippen molar-refractivity contribution < 1.29 is 18.0 Å². The highest BCUT2D eigenvalue weighted by Gasteiger charge is 2.08. The molecule has 0 atom stereocenters. The minimum atomic E-state index is -0.802. The van der Waals surface area contributed by atoms with Crippen LogP contribution in [0, 0.1) is 0 Å². The standard InChI is InChI=1S/C8H6O4S2.C3H3N3O3/c9-7(11-13)5-1-2-6(4-3-5)8(10)12-14;7-1-4-2(8)6-3(9)5-1/h1-4,13-14H;(H3,4,5,6,7,8,9). The first-order chi connectivity index (χ1) is 10.9. The van der Waals surface area contributed by atoms with Gasteiger partial charge < -0.3 is 8.37 Å². The van der Waals surface area contributed by atoms with Crippen molar-refractivity contribution in [2.75, 3.05) is 0 Å². The smallest absolute Gasteiger partial charge is 0.349 e. The van der Waals surface area contributed by atoms with Crippen molar-refractivity contribution in [2.45, 2.75) is 0 Å². The largest absolute Gasteiger partial charge is 0.391 e. The van der Waals surface area contributed by atoms with Crippen molar-refractivity contribution in [2.24, 2.45) is 0 Å². The van der Waals surface area contributed by atoms with E-state index in [1.807, 2.05) is 0 Å². The maximum absolute atomic E-state index is 10.9. The Kier molecular flexibility index (Phi) is 6.89. The van der Waals surface area contributed by atoms with E-state index >= 15 is 0 Å². The van der Waals surface area contributed by atoms with Crippen LogP contribution in [-0.2, 0) is 8.37 Å². The molecule has 12 heteroatoms. The highest BCUT2D eigenvalue weighted by Crippen LogP contribution is 2.08. The lowest BCUT2D eigenvalue weighted by Crippen LogP contribution is -2.34. The Morgan fingerprint density at radius 3 is 1.17 bits per heavy atom. The molecule has 2 aromatic rings. The molecule has 0 saturated heterocycles. The third-order valence-electron chi connectivity index (χ3n) is 2.20. The predicted octanol–water partition coefficient (Wildman–Crippen LogP) is -0.559. The second-order valence-corrected chi connectivity index (χ2v) is 4.06. The van der Waals surface area contributed by atoms with E-state index in [4.69, 9.17) is 0 Å². The molecule has 3 N–H and O–H groups in total. The van der Waals surface area contributed by atoms with Crippen molar-refractivity contribution in [1.82, 2.24) is 15.0 Å². The summed E-state index contributed by atoms with van der Waals surface area (Å²) in [4.78, 5) is 57.8. The van der Waals surface area contributed by atoms with Crippen LogP contribution in [-0.4, -0.2) is 26.9 Å². The Bertz CT molecular complexity index is 740. The second-order valence-electron chi connectivity index (χ2n) is 3.70. The van der Waals surface area contributed by atoms with Gasteiger partial charge in [-0.1, -0.05) is 0 Å². The Hall–Kier alpha value is -2.73. The molecule has 0 amide bonds. The molecule has 0 aliphatic heterocycles. The molecule has 0 aliphatic rings. The van der Waals surface area contributed by atoms with E-state index in [1.165, 1.54) is 24.3 Å². The van der Waals surface area contributed by atoms with E-state index in [0.717, 1.165) is 0 Å². The van der Waals surface area contributed by atoms with Crippen molar-refractivity contribution in [3.05, 3.63) is 66.8 Å². The highest BCUT2D eigenvalue weighted by atomic mass is 32.1. The molecule has 0 radical (unpaired) electrons. The molecule has 1 aromatic carbocycles. The molecule has 0 aliphatic carbocycles. The van der Waals surface area contributed by atoms with Crippen molar-refractivity contribution >= 4 is 37.8 Å². The Morgan fingerprint density at radius 2 is 0.957 bits per heavy atom. The van der Waals surface area contributed by atoms with Gasteiger partial charge in [-0.05, 0) is 24.3 Å². The van der Waals surface area contributed by atoms with Crippen LogP contribution in [0.1, 0.15) is 20.7 Å². The number of thiol groups is 2. The van der Waals surface area contributed by atoms with Crippen LogP contribution in [0.4, 0.5) is 0 Å². The van der Waals surface area contributed by atoms with Crippen LogP contribution in [0.25, 0.3) is 0 Å². The maximum atomic E-state index is 10.9. The number of aromatic nitrogens is 3. The fourth-order valence-electron chi connectivity index (χ4n) is 1.25. The van der Waals surface area contributed by atoms with Gasteiger partial charge in [0.05, 0.1) is 11.1 Å². The monoisotopic (exact) mass is 359 g/mol. The third kappa shape index (κ3) is 5.88. The Morgan fingerprint density at radius 1 is 0.696 bits per heavy atom.